The minimum Gasteiger partial charge on any atom is -0.344 e. The van der Waals surface area contributed by atoms with E-state index in [1.165, 1.54) is 0 Å². The van der Waals surface area contributed by atoms with Gasteiger partial charge < -0.3 is 10.2 Å². The fraction of sp³-hybridized carbons (Fsp3) is 0.600. The molecule has 1 rings (SSSR count). The molecule has 1 N–H and O–H groups in total. The maximum absolute atomic E-state index is 11.9. The Labute approximate surface area is 97.8 Å². The lowest BCUT2D eigenvalue weighted by Crippen LogP contribution is -2.44. The number of carbonyl (C=O) groups excluding carboxylic acids is 2. The third-order valence-corrected chi connectivity index (χ3v) is 2.58. The summed E-state index contributed by atoms with van der Waals surface area (Å²) >= 11 is 3.23. The largest absolute Gasteiger partial charge is 0.344 e. The molecule has 1 heterocycles. The molecule has 1 unspecified atom stereocenters. The van der Waals surface area contributed by atoms with Crippen LogP contribution in [-0.4, -0.2) is 35.8 Å². The van der Waals surface area contributed by atoms with Crippen molar-refractivity contribution in [1.82, 2.24) is 10.2 Å². The van der Waals surface area contributed by atoms with Gasteiger partial charge in [-0.1, -0.05) is 29.4 Å². The topological polar surface area (TPSA) is 49.4 Å². The highest BCUT2D eigenvalue weighted by Crippen LogP contribution is 2.10. The molecule has 0 aromatic rings. The van der Waals surface area contributed by atoms with E-state index in [0.717, 1.165) is 4.48 Å². The average Bonchev–Trinajstić information content (AvgIpc) is 2.30. The summed E-state index contributed by atoms with van der Waals surface area (Å²) in [5.41, 5.74) is 0. The number of halogens is 1. The molecule has 1 saturated heterocycles. The van der Waals surface area contributed by atoms with E-state index in [-0.39, 0.29) is 17.9 Å². The molecule has 1 atom stereocenters. The molecule has 5 heteroatoms. The summed E-state index contributed by atoms with van der Waals surface area (Å²) in [6, 6.07) is -0.383. The Hall–Kier alpha value is -0.840. The van der Waals surface area contributed by atoms with Crippen LogP contribution in [0.15, 0.2) is 11.1 Å². The first kappa shape index (κ1) is 12.2. The third-order valence-electron chi connectivity index (χ3n) is 2.32. The van der Waals surface area contributed by atoms with Crippen LogP contribution in [0.3, 0.4) is 0 Å². The quantitative estimate of drug-likeness (QED) is 0.836. The molecule has 0 saturated carbocycles. The molecule has 0 aromatic carbocycles. The molecule has 2 amide bonds. The maximum Gasteiger partial charge on any atom is 0.245 e. The van der Waals surface area contributed by atoms with Crippen LogP contribution >= 0.6 is 15.9 Å². The molecular weight excluding hydrogens is 260 g/mol. The summed E-state index contributed by atoms with van der Waals surface area (Å²) in [5.74, 6) is -0.0816. The van der Waals surface area contributed by atoms with E-state index in [0.29, 0.717) is 25.9 Å². The van der Waals surface area contributed by atoms with Crippen molar-refractivity contribution in [2.75, 3.05) is 13.1 Å². The van der Waals surface area contributed by atoms with Gasteiger partial charge in [0.1, 0.15) is 6.04 Å². The lowest BCUT2D eigenvalue weighted by molar-refractivity contribution is -0.133. The fourth-order valence-corrected chi connectivity index (χ4v) is 1.84. The molecule has 0 radical (unpaired) electrons. The Balaban J connectivity index is 2.74. The van der Waals surface area contributed by atoms with Crippen molar-refractivity contribution in [3.8, 4) is 0 Å². The average molecular weight is 275 g/mol. The van der Waals surface area contributed by atoms with Crippen LogP contribution in [0.1, 0.15) is 19.8 Å². The van der Waals surface area contributed by atoms with Crippen molar-refractivity contribution in [2.45, 2.75) is 25.8 Å². The van der Waals surface area contributed by atoms with E-state index in [1.54, 1.807) is 4.90 Å². The minimum atomic E-state index is -0.383. The molecule has 4 nitrogen and oxygen atoms in total. The van der Waals surface area contributed by atoms with Crippen molar-refractivity contribution in [3.05, 3.63) is 11.1 Å². The van der Waals surface area contributed by atoms with Crippen LogP contribution in [0, 0.1) is 0 Å². The van der Waals surface area contributed by atoms with Crippen molar-refractivity contribution in [2.24, 2.45) is 0 Å². The Kier molecular flexibility index (Phi) is 4.32. The highest BCUT2D eigenvalue weighted by molar-refractivity contribution is 9.11. The van der Waals surface area contributed by atoms with Gasteiger partial charge >= 0.3 is 0 Å². The fourth-order valence-electron chi connectivity index (χ4n) is 1.54. The van der Waals surface area contributed by atoms with Crippen LogP contribution in [0.4, 0.5) is 0 Å². The summed E-state index contributed by atoms with van der Waals surface area (Å²) in [6.45, 7) is 6.51. The smallest absolute Gasteiger partial charge is 0.245 e. The van der Waals surface area contributed by atoms with Crippen LogP contribution in [-0.2, 0) is 9.59 Å². The minimum absolute atomic E-state index is 0.0241. The number of rotatable bonds is 3. The summed E-state index contributed by atoms with van der Waals surface area (Å²) in [4.78, 5) is 24.9. The predicted molar refractivity (Wildman–Crippen MR) is 61.5 cm³/mol. The van der Waals surface area contributed by atoms with E-state index in [9.17, 15) is 9.59 Å². The summed E-state index contributed by atoms with van der Waals surface area (Å²) in [5, 5.41) is 2.71. The molecule has 1 aliphatic heterocycles. The Morgan fingerprint density at radius 2 is 2.33 bits per heavy atom. The van der Waals surface area contributed by atoms with Gasteiger partial charge in [0, 0.05) is 17.4 Å². The van der Waals surface area contributed by atoms with E-state index in [2.05, 4.69) is 27.8 Å². The number of hydrogen-bond donors (Lipinski definition) is 1. The van der Waals surface area contributed by atoms with Crippen molar-refractivity contribution < 1.29 is 9.59 Å². The number of carbonyl (C=O) groups is 2. The monoisotopic (exact) mass is 274 g/mol. The molecular formula is C10H15BrN2O2. The van der Waals surface area contributed by atoms with E-state index >= 15 is 0 Å². The zero-order chi connectivity index (χ0) is 11.4. The first-order valence-electron chi connectivity index (χ1n) is 4.96. The summed E-state index contributed by atoms with van der Waals surface area (Å²) in [6.07, 6.45) is 0.984. The number of nitrogens with zero attached hydrogens (tertiary/aromatic N) is 1. The van der Waals surface area contributed by atoms with Crippen LogP contribution in [0.2, 0.25) is 0 Å². The molecule has 0 bridgehead atoms. The van der Waals surface area contributed by atoms with Crippen molar-refractivity contribution in [3.63, 3.8) is 0 Å². The molecule has 0 spiro atoms. The Bertz CT molecular complexity index is 291. The molecule has 84 valence electrons. The van der Waals surface area contributed by atoms with Gasteiger partial charge in [0.25, 0.3) is 0 Å². The van der Waals surface area contributed by atoms with E-state index in [4.69, 9.17) is 0 Å². The zero-order valence-electron chi connectivity index (χ0n) is 8.75. The van der Waals surface area contributed by atoms with Gasteiger partial charge in [-0.2, -0.15) is 0 Å². The first-order valence-corrected chi connectivity index (χ1v) is 5.75. The zero-order valence-corrected chi connectivity index (χ0v) is 10.3. The van der Waals surface area contributed by atoms with E-state index in [1.807, 2.05) is 6.92 Å². The third kappa shape index (κ3) is 3.34. The van der Waals surface area contributed by atoms with Crippen molar-refractivity contribution >= 4 is 27.7 Å². The van der Waals surface area contributed by atoms with Crippen LogP contribution in [0.5, 0.6) is 0 Å². The van der Waals surface area contributed by atoms with E-state index < -0.39 is 0 Å². The lowest BCUT2D eigenvalue weighted by atomic mass is 10.2. The Morgan fingerprint density at radius 3 is 2.87 bits per heavy atom. The number of amides is 2. The van der Waals surface area contributed by atoms with Gasteiger partial charge in [-0.05, 0) is 6.42 Å². The van der Waals surface area contributed by atoms with Crippen molar-refractivity contribution in [1.29, 1.82) is 0 Å². The molecule has 0 aromatic heterocycles. The highest BCUT2D eigenvalue weighted by Gasteiger charge is 2.28. The molecule has 15 heavy (non-hydrogen) atoms. The molecule has 1 aliphatic rings. The Morgan fingerprint density at radius 1 is 1.67 bits per heavy atom. The van der Waals surface area contributed by atoms with Gasteiger partial charge in [-0.25, -0.2) is 0 Å². The SMILES string of the molecule is C=C(Br)CN1CCC(=O)NC(CC)C1=O. The second-order valence-corrected chi connectivity index (χ2v) is 4.68. The van der Waals surface area contributed by atoms with Crippen LogP contribution in [0.25, 0.3) is 0 Å². The predicted octanol–water partition coefficient (Wildman–Crippen LogP) is 1.02. The van der Waals surface area contributed by atoms with Gasteiger partial charge in [0.2, 0.25) is 11.8 Å². The number of nitrogens with one attached hydrogen (secondary N) is 1. The maximum atomic E-state index is 11.9. The second kappa shape index (κ2) is 5.30. The molecule has 0 aliphatic carbocycles. The lowest BCUT2D eigenvalue weighted by Gasteiger charge is -2.22. The van der Waals surface area contributed by atoms with Gasteiger partial charge in [-0.15, -0.1) is 0 Å². The first-order chi connectivity index (χ1) is 7.04. The molecule has 1 fully saturated rings. The number of hydrogen-bond acceptors (Lipinski definition) is 2. The van der Waals surface area contributed by atoms with Gasteiger partial charge in [-0.3, -0.25) is 9.59 Å². The second-order valence-electron chi connectivity index (χ2n) is 3.56. The van der Waals surface area contributed by atoms with Crippen LogP contribution < -0.4 is 5.32 Å². The van der Waals surface area contributed by atoms with Gasteiger partial charge in [0.15, 0.2) is 0 Å². The summed E-state index contributed by atoms with van der Waals surface area (Å²) in [7, 11) is 0. The van der Waals surface area contributed by atoms with Gasteiger partial charge in [0.05, 0.1) is 6.54 Å². The highest BCUT2D eigenvalue weighted by atomic mass is 79.9. The summed E-state index contributed by atoms with van der Waals surface area (Å²) < 4.78 is 0.750. The normalized spacial score (nSPS) is 22.3. The standard InChI is InChI=1S/C10H15BrN2O2/c1-3-8-10(15)13(6-7(2)11)5-4-9(14)12-8/h8H,2-6H2,1H3,(H,12,14).